The molecule has 0 amide bonds. The van der Waals surface area contributed by atoms with Crippen LogP contribution in [0.2, 0.25) is 0 Å². The van der Waals surface area contributed by atoms with Crippen molar-refractivity contribution in [1.82, 2.24) is 5.32 Å². The Hall–Kier alpha value is -1.07. The molecule has 1 N–H and O–H groups in total. The average Bonchev–Trinajstić information content (AvgIpc) is 2.30. The molecule has 0 bridgehead atoms. The van der Waals surface area contributed by atoms with E-state index in [1.165, 1.54) is 0 Å². The Bertz CT molecular complexity index is 352. The Morgan fingerprint density at radius 2 is 1.83 bits per heavy atom. The van der Waals surface area contributed by atoms with Crippen molar-refractivity contribution in [2.45, 2.75) is 32.7 Å². The van der Waals surface area contributed by atoms with Gasteiger partial charge in [-0.3, -0.25) is 0 Å². The molecule has 1 aromatic rings. The fourth-order valence-corrected chi connectivity index (χ4v) is 1.55. The van der Waals surface area contributed by atoms with E-state index in [4.69, 9.17) is 0 Å². The first-order chi connectivity index (χ1) is 8.53. The lowest BCUT2D eigenvalue weighted by Crippen LogP contribution is -2.18. The Balaban J connectivity index is 2.48. The van der Waals surface area contributed by atoms with Crippen LogP contribution < -0.4 is 5.32 Å². The summed E-state index contributed by atoms with van der Waals surface area (Å²) < 4.78 is 40.6. The molecular weight excluding hydrogens is 243 g/mol. The fraction of sp³-hybridized carbons (Fsp3) is 0.538. The molecule has 102 valence electrons. The van der Waals surface area contributed by atoms with Crippen molar-refractivity contribution >= 4 is 0 Å². The number of halogens is 3. The van der Waals surface area contributed by atoms with Crippen LogP contribution >= 0.6 is 0 Å². The van der Waals surface area contributed by atoms with Crippen LogP contribution in [0.4, 0.5) is 13.2 Å². The zero-order valence-corrected chi connectivity index (χ0v) is 10.4. The summed E-state index contributed by atoms with van der Waals surface area (Å²) in [5.74, 6) is 0. The van der Waals surface area contributed by atoms with E-state index in [1.54, 1.807) is 12.1 Å². The summed E-state index contributed by atoms with van der Waals surface area (Å²) in [6, 6.07) is 7.36. The summed E-state index contributed by atoms with van der Waals surface area (Å²) in [6.45, 7) is 2.38. The van der Waals surface area contributed by atoms with Crippen LogP contribution in [0.5, 0.6) is 0 Å². The Kier molecular flexibility index (Phi) is 6.15. The first-order valence-corrected chi connectivity index (χ1v) is 5.95. The Morgan fingerprint density at radius 3 is 2.44 bits per heavy atom. The molecule has 0 aliphatic heterocycles. The van der Waals surface area contributed by atoms with Crippen molar-refractivity contribution in [3.63, 3.8) is 0 Å². The van der Waals surface area contributed by atoms with Crippen molar-refractivity contribution in [3.8, 4) is 0 Å². The molecule has 2 nitrogen and oxygen atoms in total. The molecule has 1 aromatic carbocycles. The summed E-state index contributed by atoms with van der Waals surface area (Å²) in [5, 5.41) is 3.22. The van der Waals surface area contributed by atoms with Gasteiger partial charge in [0.1, 0.15) is 6.61 Å². The third-order valence-corrected chi connectivity index (χ3v) is 2.38. The first kappa shape index (κ1) is 15.0. The van der Waals surface area contributed by atoms with E-state index in [0.29, 0.717) is 6.54 Å². The van der Waals surface area contributed by atoms with Gasteiger partial charge in [0.15, 0.2) is 0 Å². The molecule has 0 aromatic heterocycles. The van der Waals surface area contributed by atoms with E-state index >= 15 is 0 Å². The minimum atomic E-state index is -4.27. The van der Waals surface area contributed by atoms with Crippen LogP contribution in [0.25, 0.3) is 0 Å². The van der Waals surface area contributed by atoms with Crippen molar-refractivity contribution in [3.05, 3.63) is 35.4 Å². The number of alkyl halides is 3. The molecule has 0 fully saturated rings. The molecule has 0 aliphatic carbocycles. The highest BCUT2D eigenvalue weighted by atomic mass is 19.4. The van der Waals surface area contributed by atoms with Gasteiger partial charge in [-0.2, -0.15) is 13.2 Å². The van der Waals surface area contributed by atoms with Gasteiger partial charge >= 0.3 is 6.18 Å². The average molecular weight is 261 g/mol. The molecule has 0 atom stereocenters. The second-order valence-electron chi connectivity index (χ2n) is 4.05. The molecule has 0 heterocycles. The molecule has 0 saturated heterocycles. The summed E-state index contributed by atoms with van der Waals surface area (Å²) in [7, 11) is 0. The summed E-state index contributed by atoms with van der Waals surface area (Å²) in [6.07, 6.45) is -3.25. The predicted molar refractivity (Wildman–Crippen MR) is 64.2 cm³/mol. The second kappa shape index (κ2) is 7.38. The molecule has 0 spiro atoms. The van der Waals surface area contributed by atoms with Crippen molar-refractivity contribution < 1.29 is 17.9 Å². The smallest absolute Gasteiger partial charge is 0.367 e. The van der Waals surface area contributed by atoms with E-state index in [1.807, 2.05) is 12.1 Å². The number of nitrogens with one attached hydrogen (secondary N) is 1. The largest absolute Gasteiger partial charge is 0.411 e. The summed E-state index contributed by atoms with van der Waals surface area (Å²) in [4.78, 5) is 0. The first-order valence-electron chi connectivity index (χ1n) is 5.95. The van der Waals surface area contributed by atoms with Gasteiger partial charge in [-0.15, -0.1) is 0 Å². The molecule has 0 aliphatic rings. The van der Waals surface area contributed by atoms with Crippen LogP contribution in [-0.2, 0) is 17.9 Å². The molecule has 18 heavy (non-hydrogen) atoms. The van der Waals surface area contributed by atoms with E-state index in [2.05, 4.69) is 17.0 Å². The van der Waals surface area contributed by atoms with E-state index in [9.17, 15) is 13.2 Å². The van der Waals surface area contributed by atoms with Crippen molar-refractivity contribution in [1.29, 1.82) is 0 Å². The number of hydrogen-bond donors (Lipinski definition) is 1. The van der Waals surface area contributed by atoms with Gasteiger partial charge in [0.25, 0.3) is 0 Å². The van der Waals surface area contributed by atoms with Gasteiger partial charge in [-0.1, -0.05) is 31.2 Å². The lowest BCUT2D eigenvalue weighted by atomic mass is 10.1. The summed E-state index contributed by atoms with van der Waals surface area (Å²) >= 11 is 0. The molecular formula is C13H18F3NO. The zero-order valence-electron chi connectivity index (χ0n) is 10.4. The molecule has 1 rings (SSSR count). The maximum absolute atomic E-state index is 12.0. The zero-order chi connectivity index (χ0) is 13.4. The quantitative estimate of drug-likeness (QED) is 0.761. The fourth-order valence-electron chi connectivity index (χ4n) is 1.55. The maximum Gasteiger partial charge on any atom is 0.411 e. The highest BCUT2D eigenvalue weighted by Crippen LogP contribution is 2.16. The van der Waals surface area contributed by atoms with E-state index < -0.39 is 12.8 Å². The molecule has 0 radical (unpaired) electrons. The van der Waals surface area contributed by atoms with Crippen molar-refractivity contribution in [2.75, 3.05) is 13.2 Å². The number of hydrogen-bond acceptors (Lipinski definition) is 2. The molecule has 0 saturated carbocycles. The second-order valence-corrected chi connectivity index (χ2v) is 4.05. The summed E-state index contributed by atoms with van der Waals surface area (Å²) in [5.41, 5.74) is 1.78. The lowest BCUT2D eigenvalue weighted by molar-refractivity contribution is -0.176. The van der Waals surface area contributed by atoms with E-state index in [0.717, 1.165) is 24.1 Å². The minimum absolute atomic E-state index is 0.0104. The van der Waals surface area contributed by atoms with Crippen LogP contribution in [-0.4, -0.2) is 19.3 Å². The molecule has 5 heteroatoms. The van der Waals surface area contributed by atoms with Gasteiger partial charge in [0, 0.05) is 6.54 Å². The highest BCUT2D eigenvalue weighted by molar-refractivity contribution is 5.26. The SMILES string of the molecule is CCCNCc1ccccc1COCC(F)(F)F. The number of ether oxygens (including phenoxy) is 1. The third kappa shape index (κ3) is 6.02. The van der Waals surface area contributed by atoms with Gasteiger partial charge in [0.2, 0.25) is 0 Å². The van der Waals surface area contributed by atoms with E-state index in [-0.39, 0.29) is 6.61 Å². The van der Waals surface area contributed by atoms with Gasteiger partial charge < -0.3 is 10.1 Å². The number of rotatable bonds is 7. The standard InChI is InChI=1S/C13H18F3NO/c1-2-7-17-8-11-5-3-4-6-12(11)9-18-10-13(14,15)16/h3-6,17H,2,7-10H2,1H3. The minimum Gasteiger partial charge on any atom is -0.367 e. The Labute approximate surface area is 105 Å². The Morgan fingerprint density at radius 1 is 1.17 bits per heavy atom. The van der Waals surface area contributed by atoms with Crippen LogP contribution in [0, 0.1) is 0 Å². The van der Waals surface area contributed by atoms with Crippen molar-refractivity contribution in [2.24, 2.45) is 0 Å². The van der Waals surface area contributed by atoms with Crippen LogP contribution in [0.1, 0.15) is 24.5 Å². The van der Waals surface area contributed by atoms with Crippen LogP contribution in [0.15, 0.2) is 24.3 Å². The van der Waals surface area contributed by atoms with Gasteiger partial charge in [-0.25, -0.2) is 0 Å². The maximum atomic E-state index is 12.0. The van der Waals surface area contributed by atoms with Gasteiger partial charge in [-0.05, 0) is 24.1 Å². The van der Waals surface area contributed by atoms with Crippen LogP contribution in [0.3, 0.4) is 0 Å². The monoisotopic (exact) mass is 261 g/mol. The lowest BCUT2D eigenvalue weighted by Gasteiger charge is -2.12. The van der Waals surface area contributed by atoms with Gasteiger partial charge in [0.05, 0.1) is 6.61 Å². The molecule has 0 unspecified atom stereocenters. The topological polar surface area (TPSA) is 21.3 Å². The number of benzene rings is 1. The highest BCUT2D eigenvalue weighted by Gasteiger charge is 2.27. The third-order valence-electron chi connectivity index (χ3n) is 2.38. The normalized spacial score (nSPS) is 11.8. The predicted octanol–water partition coefficient (Wildman–Crippen LogP) is 3.27.